The second-order valence-electron chi connectivity index (χ2n) is 7.70. The Hall–Kier alpha value is -1.24. The summed E-state index contributed by atoms with van der Waals surface area (Å²) in [6.45, 7) is 8.64. The van der Waals surface area contributed by atoms with Crippen LogP contribution < -0.4 is 4.90 Å². The molecular weight excluding hydrogens is 316 g/mol. The molecule has 0 N–H and O–H groups in total. The van der Waals surface area contributed by atoms with Gasteiger partial charge in [-0.1, -0.05) is 0 Å². The summed E-state index contributed by atoms with van der Waals surface area (Å²) in [4.78, 5) is 14.0. The maximum atomic E-state index is 5.64. The minimum atomic E-state index is 0.517. The number of hydrogen-bond donors (Lipinski definition) is 0. The number of nitrogens with zero attached hydrogens (tertiary/aromatic N) is 4. The number of ether oxygens (including phenoxy) is 2. The number of piperidine rings is 1. The van der Waals surface area contributed by atoms with Gasteiger partial charge < -0.3 is 19.3 Å². The molecule has 6 heteroatoms. The van der Waals surface area contributed by atoms with Crippen molar-refractivity contribution >= 4 is 5.82 Å². The van der Waals surface area contributed by atoms with Gasteiger partial charge in [0.15, 0.2) is 0 Å². The molecule has 3 aliphatic rings. The lowest BCUT2D eigenvalue weighted by molar-refractivity contribution is 0.0933. The molecule has 6 nitrogen and oxygen atoms in total. The van der Waals surface area contributed by atoms with E-state index in [9.17, 15) is 0 Å². The third-order valence-electron chi connectivity index (χ3n) is 5.54. The molecule has 1 aromatic rings. The lowest BCUT2D eigenvalue weighted by atomic mass is 10.0. The highest BCUT2D eigenvalue weighted by molar-refractivity contribution is 5.43. The summed E-state index contributed by atoms with van der Waals surface area (Å²) < 4.78 is 11.3. The summed E-state index contributed by atoms with van der Waals surface area (Å²) in [6.07, 6.45) is 6.75. The van der Waals surface area contributed by atoms with Crippen molar-refractivity contribution in [2.75, 3.05) is 51.0 Å². The van der Waals surface area contributed by atoms with Gasteiger partial charge in [-0.15, -0.1) is 0 Å². The van der Waals surface area contributed by atoms with E-state index in [1.807, 2.05) is 0 Å². The van der Waals surface area contributed by atoms with Gasteiger partial charge in [0.05, 0.1) is 26.4 Å². The Labute approximate surface area is 150 Å². The molecule has 4 rings (SSSR count). The van der Waals surface area contributed by atoms with Crippen LogP contribution in [-0.2, 0) is 9.47 Å². The van der Waals surface area contributed by atoms with Gasteiger partial charge in [-0.05, 0) is 32.6 Å². The van der Waals surface area contributed by atoms with Crippen LogP contribution in [0.5, 0.6) is 0 Å². The van der Waals surface area contributed by atoms with Crippen LogP contribution in [0.25, 0.3) is 0 Å². The summed E-state index contributed by atoms with van der Waals surface area (Å²) in [5.74, 6) is 1.64. The van der Waals surface area contributed by atoms with Gasteiger partial charge in [-0.2, -0.15) is 0 Å². The fraction of sp³-hybridized carbons (Fsp3) is 0.789. The van der Waals surface area contributed by atoms with Gasteiger partial charge in [0.25, 0.3) is 0 Å². The molecule has 2 aliphatic heterocycles. The number of likely N-dealkylation sites (tertiary alicyclic amines) is 1. The quantitative estimate of drug-likeness (QED) is 0.811. The largest absolute Gasteiger partial charge is 0.379 e. The molecule has 2 saturated heterocycles. The van der Waals surface area contributed by atoms with Crippen LogP contribution in [0.1, 0.15) is 31.4 Å². The zero-order chi connectivity index (χ0) is 17.1. The number of hydrogen-bond acceptors (Lipinski definition) is 6. The molecule has 3 heterocycles. The van der Waals surface area contributed by atoms with Crippen molar-refractivity contribution in [2.45, 2.75) is 44.7 Å². The van der Waals surface area contributed by atoms with Crippen LogP contribution in [-0.4, -0.2) is 73.0 Å². The second kappa shape index (κ2) is 7.98. The van der Waals surface area contributed by atoms with E-state index in [2.05, 4.69) is 32.8 Å². The smallest absolute Gasteiger partial charge is 0.132 e. The molecule has 25 heavy (non-hydrogen) atoms. The number of aromatic nitrogens is 2. The molecule has 1 saturated carbocycles. The van der Waals surface area contributed by atoms with Gasteiger partial charge in [0, 0.05) is 49.4 Å². The predicted molar refractivity (Wildman–Crippen MR) is 96.9 cm³/mol. The van der Waals surface area contributed by atoms with E-state index < -0.39 is 0 Å². The zero-order valence-corrected chi connectivity index (χ0v) is 15.3. The summed E-state index contributed by atoms with van der Waals surface area (Å²) in [7, 11) is 0. The van der Waals surface area contributed by atoms with E-state index in [4.69, 9.17) is 9.47 Å². The lowest BCUT2D eigenvalue weighted by Gasteiger charge is -2.40. The van der Waals surface area contributed by atoms with Crippen molar-refractivity contribution in [3.05, 3.63) is 18.1 Å². The minimum Gasteiger partial charge on any atom is -0.379 e. The van der Waals surface area contributed by atoms with Crippen molar-refractivity contribution in [1.29, 1.82) is 0 Å². The molecule has 3 fully saturated rings. The maximum Gasteiger partial charge on any atom is 0.132 e. The summed E-state index contributed by atoms with van der Waals surface area (Å²) in [6, 6.07) is 3.44. The number of anilines is 1. The SMILES string of the molecule is Cc1cc(N(C2CC2)C2CCN(CC3COCCOC3)CC2)ncn1. The Balaban J connectivity index is 1.33. The van der Waals surface area contributed by atoms with Crippen LogP contribution in [0.15, 0.2) is 12.4 Å². The van der Waals surface area contributed by atoms with Crippen LogP contribution in [0.2, 0.25) is 0 Å². The molecule has 0 amide bonds. The molecule has 0 aromatic carbocycles. The Morgan fingerprint density at radius 2 is 1.72 bits per heavy atom. The first-order valence-electron chi connectivity index (χ1n) is 9.74. The Morgan fingerprint density at radius 1 is 1.04 bits per heavy atom. The number of rotatable bonds is 5. The average Bonchev–Trinajstić information content (AvgIpc) is 3.45. The molecule has 138 valence electrons. The molecule has 0 bridgehead atoms. The first kappa shape index (κ1) is 17.2. The van der Waals surface area contributed by atoms with E-state index in [-0.39, 0.29) is 0 Å². The van der Waals surface area contributed by atoms with Gasteiger partial charge in [-0.3, -0.25) is 0 Å². The van der Waals surface area contributed by atoms with Crippen molar-refractivity contribution in [2.24, 2.45) is 5.92 Å². The highest BCUT2D eigenvalue weighted by atomic mass is 16.5. The Morgan fingerprint density at radius 3 is 2.36 bits per heavy atom. The van der Waals surface area contributed by atoms with E-state index in [0.29, 0.717) is 18.0 Å². The van der Waals surface area contributed by atoms with Crippen molar-refractivity contribution < 1.29 is 9.47 Å². The first-order valence-corrected chi connectivity index (χ1v) is 9.74. The van der Waals surface area contributed by atoms with Gasteiger partial charge in [0.1, 0.15) is 12.1 Å². The van der Waals surface area contributed by atoms with E-state index in [1.54, 1.807) is 6.33 Å². The third-order valence-corrected chi connectivity index (χ3v) is 5.54. The predicted octanol–water partition coefficient (Wildman–Crippen LogP) is 1.88. The van der Waals surface area contributed by atoms with E-state index in [1.165, 1.54) is 25.7 Å². The molecule has 0 atom stereocenters. The average molecular weight is 346 g/mol. The van der Waals surface area contributed by atoms with Gasteiger partial charge >= 0.3 is 0 Å². The lowest BCUT2D eigenvalue weighted by Crippen LogP contribution is -2.47. The standard InChI is InChI=1S/C19H30N4O2/c1-15-10-19(21-14-20-15)23(17-2-3-17)18-4-6-22(7-5-18)11-16-12-24-8-9-25-13-16/h10,14,16-18H,2-9,11-13H2,1H3. The summed E-state index contributed by atoms with van der Waals surface area (Å²) >= 11 is 0. The second-order valence-corrected chi connectivity index (χ2v) is 7.70. The zero-order valence-electron chi connectivity index (χ0n) is 15.3. The molecular formula is C19H30N4O2. The summed E-state index contributed by atoms with van der Waals surface area (Å²) in [5.41, 5.74) is 1.06. The van der Waals surface area contributed by atoms with Crippen molar-refractivity contribution in [3.63, 3.8) is 0 Å². The van der Waals surface area contributed by atoms with Crippen LogP contribution in [0.4, 0.5) is 5.82 Å². The summed E-state index contributed by atoms with van der Waals surface area (Å²) in [5, 5.41) is 0. The van der Waals surface area contributed by atoms with E-state index >= 15 is 0 Å². The third kappa shape index (κ3) is 4.49. The fourth-order valence-corrected chi connectivity index (χ4v) is 4.12. The van der Waals surface area contributed by atoms with Crippen molar-refractivity contribution in [3.8, 4) is 0 Å². The molecule has 1 aromatic heterocycles. The van der Waals surface area contributed by atoms with Gasteiger partial charge in [0.2, 0.25) is 0 Å². The maximum absolute atomic E-state index is 5.64. The molecule has 0 unspecified atom stereocenters. The molecule has 0 spiro atoms. The highest BCUT2D eigenvalue weighted by Gasteiger charge is 2.36. The normalized spacial score (nSPS) is 24.2. The van der Waals surface area contributed by atoms with Crippen LogP contribution >= 0.6 is 0 Å². The number of aryl methyl sites for hydroxylation is 1. The minimum absolute atomic E-state index is 0.517. The first-order chi connectivity index (χ1) is 12.3. The van der Waals surface area contributed by atoms with E-state index in [0.717, 1.165) is 57.6 Å². The molecule has 1 aliphatic carbocycles. The molecule has 0 radical (unpaired) electrons. The van der Waals surface area contributed by atoms with Crippen LogP contribution in [0.3, 0.4) is 0 Å². The topological polar surface area (TPSA) is 50.7 Å². The van der Waals surface area contributed by atoms with Crippen molar-refractivity contribution in [1.82, 2.24) is 14.9 Å². The Bertz CT molecular complexity index is 550. The van der Waals surface area contributed by atoms with Crippen LogP contribution in [0, 0.1) is 12.8 Å². The Kier molecular flexibility index (Phi) is 5.48. The highest BCUT2D eigenvalue weighted by Crippen LogP contribution is 2.35. The fourth-order valence-electron chi connectivity index (χ4n) is 4.12. The van der Waals surface area contributed by atoms with Gasteiger partial charge in [-0.25, -0.2) is 9.97 Å². The monoisotopic (exact) mass is 346 g/mol.